The van der Waals surface area contributed by atoms with Crippen molar-refractivity contribution in [1.29, 1.82) is 0 Å². The van der Waals surface area contributed by atoms with Crippen LogP contribution >= 0.6 is 11.8 Å². The van der Waals surface area contributed by atoms with Crippen LogP contribution in [-0.2, 0) is 4.79 Å². The average molecular weight is 236 g/mol. The first-order valence-electron chi connectivity index (χ1n) is 5.48. The monoisotopic (exact) mass is 236 g/mol. The minimum Gasteiger partial charge on any atom is -0.399 e. The molecule has 1 fully saturated rings. The van der Waals surface area contributed by atoms with Crippen LogP contribution in [0.2, 0.25) is 0 Å². The lowest BCUT2D eigenvalue weighted by molar-refractivity contribution is -0.120. The minimum absolute atomic E-state index is 0.0672. The standard InChI is InChI=1S/C12H16N2OS/c1-8(12(15)14-10-5-6-10)16-11-4-2-3-9(13)7-11/h2-4,7-8,10H,5-6,13H2,1H3,(H,14,15). The summed E-state index contributed by atoms with van der Waals surface area (Å²) in [6.07, 6.45) is 2.25. The molecule has 2 rings (SSSR count). The molecule has 1 aliphatic rings. The summed E-state index contributed by atoms with van der Waals surface area (Å²) >= 11 is 1.54. The summed E-state index contributed by atoms with van der Waals surface area (Å²) in [5.41, 5.74) is 6.42. The maximum Gasteiger partial charge on any atom is 0.233 e. The van der Waals surface area contributed by atoms with Crippen molar-refractivity contribution < 1.29 is 4.79 Å². The van der Waals surface area contributed by atoms with Crippen LogP contribution in [0, 0.1) is 0 Å². The van der Waals surface area contributed by atoms with Crippen LogP contribution < -0.4 is 11.1 Å². The third kappa shape index (κ3) is 3.17. The highest BCUT2D eigenvalue weighted by Crippen LogP contribution is 2.26. The number of hydrogen-bond donors (Lipinski definition) is 2. The third-order valence-corrected chi connectivity index (χ3v) is 3.56. The normalized spacial score (nSPS) is 16.8. The van der Waals surface area contributed by atoms with Crippen molar-refractivity contribution >= 4 is 23.4 Å². The zero-order valence-electron chi connectivity index (χ0n) is 9.27. The number of rotatable bonds is 4. The lowest BCUT2D eigenvalue weighted by Crippen LogP contribution is -2.32. The molecule has 0 aromatic heterocycles. The first kappa shape index (κ1) is 11.3. The van der Waals surface area contributed by atoms with Crippen molar-refractivity contribution in [3.8, 4) is 0 Å². The Kier molecular flexibility index (Phi) is 3.39. The van der Waals surface area contributed by atoms with Gasteiger partial charge in [-0.15, -0.1) is 11.8 Å². The molecule has 1 amide bonds. The molecular formula is C12H16N2OS. The molecule has 1 atom stereocenters. The second-order valence-corrected chi connectivity index (χ2v) is 5.53. The number of carbonyl (C=O) groups excluding carboxylic acids is 1. The van der Waals surface area contributed by atoms with Crippen LogP contribution in [0.3, 0.4) is 0 Å². The fraction of sp³-hybridized carbons (Fsp3) is 0.417. The van der Waals surface area contributed by atoms with Gasteiger partial charge in [0.2, 0.25) is 5.91 Å². The molecule has 0 spiro atoms. The van der Waals surface area contributed by atoms with Crippen LogP contribution in [0.4, 0.5) is 5.69 Å². The van der Waals surface area contributed by atoms with E-state index in [9.17, 15) is 4.79 Å². The van der Waals surface area contributed by atoms with Gasteiger partial charge in [-0.3, -0.25) is 4.79 Å². The molecule has 1 aromatic rings. The Bertz CT molecular complexity index is 390. The van der Waals surface area contributed by atoms with Crippen LogP contribution in [0.1, 0.15) is 19.8 Å². The SMILES string of the molecule is CC(Sc1cccc(N)c1)C(=O)NC1CC1. The van der Waals surface area contributed by atoms with Crippen molar-refractivity contribution in [2.75, 3.05) is 5.73 Å². The van der Waals surface area contributed by atoms with E-state index in [1.54, 1.807) is 11.8 Å². The number of hydrogen-bond acceptors (Lipinski definition) is 3. The van der Waals surface area contributed by atoms with E-state index < -0.39 is 0 Å². The summed E-state index contributed by atoms with van der Waals surface area (Å²) in [5, 5.41) is 2.93. The Hall–Kier alpha value is -1.16. The third-order valence-electron chi connectivity index (χ3n) is 2.46. The molecule has 0 aliphatic heterocycles. The van der Waals surface area contributed by atoms with Crippen LogP contribution in [-0.4, -0.2) is 17.2 Å². The van der Waals surface area contributed by atoms with Gasteiger partial charge in [0.25, 0.3) is 0 Å². The number of benzene rings is 1. The lowest BCUT2D eigenvalue weighted by atomic mass is 10.3. The molecule has 1 aliphatic carbocycles. The van der Waals surface area contributed by atoms with E-state index in [-0.39, 0.29) is 11.2 Å². The Balaban J connectivity index is 1.90. The summed E-state index contributed by atoms with van der Waals surface area (Å²) in [5.74, 6) is 0.120. The van der Waals surface area contributed by atoms with Gasteiger partial charge >= 0.3 is 0 Å². The summed E-state index contributed by atoms with van der Waals surface area (Å²) < 4.78 is 0. The highest BCUT2D eigenvalue weighted by molar-refractivity contribution is 8.00. The second kappa shape index (κ2) is 4.78. The van der Waals surface area contributed by atoms with Crippen LogP contribution in [0.5, 0.6) is 0 Å². The fourth-order valence-electron chi connectivity index (χ4n) is 1.39. The average Bonchev–Trinajstić information content (AvgIpc) is 3.01. The van der Waals surface area contributed by atoms with Crippen molar-refractivity contribution in [3.05, 3.63) is 24.3 Å². The zero-order chi connectivity index (χ0) is 11.5. The Morgan fingerprint density at radius 1 is 1.56 bits per heavy atom. The summed E-state index contributed by atoms with van der Waals surface area (Å²) in [4.78, 5) is 12.8. The highest BCUT2D eigenvalue weighted by atomic mass is 32.2. The molecule has 3 nitrogen and oxygen atoms in total. The van der Waals surface area contributed by atoms with Gasteiger partial charge in [-0.1, -0.05) is 6.07 Å². The molecule has 0 heterocycles. The fourth-order valence-corrected chi connectivity index (χ4v) is 2.34. The van der Waals surface area contributed by atoms with Gasteiger partial charge in [-0.05, 0) is 38.0 Å². The van der Waals surface area contributed by atoms with Crippen LogP contribution in [0.15, 0.2) is 29.2 Å². The molecule has 3 N–H and O–H groups in total. The van der Waals surface area contributed by atoms with Gasteiger partial charge in [-0.25, -0.2) is 0 Å². The second-order valence-electron chi connectivity index (χ2n) is 4.12. The number of amides is 1. The van der Waals surface area contributed by atoms with Gasteiger partial charge in [-0.2, -0.15) is 0 Å². The Morgan fingerprint density at radius 3 is 2.94 bits per heavy atom. The van der Waals surface area contributed by atoms with Gasteiger partial charge in [0.1, 0.15) is 0 Å². The van der Waals surface area contributed by atoms with E-state index in [1.807, 2.05) is 31.2 Å². The minimum atomic E-state index is -0.0672. The molecule has 1 aromatic carbocycles. The zero-order valence-corrected chi connectivity index (χ0v) is 10.1. The summed E-state index contributed by atoms with van der Waals surface area (Å²) in [6, 6.07) is 8.05. The van der Waals surface area contributed by atoms with Gasteiger partial charge in [0.05, 0.1) is 5.25 Å². The maximum atomic E-state index is 11.7. The quantitative estimate of drug-likeness (QED) is 0.621. The van der Waals surface area contributed by atoms with Gasteiger partial charge in [0, 0.05) is 16.6 Å². The van der Waals surface area contributed by atoms with Crippen molar-refractivity contribution in [2.24, 2.45) is 0 Å². The number of nitrogens with two attached hydrogens (primary N) is 1. The van der Waals surface area contributed by atoms with E-state index in [0.717, 1.165) is 23.4 Å². The first-order chi connectivity index (χ1) is 7.65. The van der Waals surface area contributed by atoms with Gasteiger partial charge < -0.3 is 11.1 Å². The van der Waals surface area contributed by atoms with Crippen molar-refractivity contribution in [1.82, 2.24) is 5.32 Å². The smallest absolute Gasteiger partial charge is 0.233 e. The predicted molar refractivity (Wildman–Crippen MR) is 67.3 cm³/mol. The topological polar surface area (TPSA) is 55.1 Å². The molecule has 1 unspecified atom stereocenters. The van der Waals surface area contributed by atoms with Crippen molar-refractivity contribution in [2.45, 2.75) is 36.0 Å². The molecule has 16 heavy (non-hydrogen) atoms. The van der Waals surface area contributed by atoms with E-state index in [2.05, 4.69) is 5.32 Å². The number of anilines is 1. The number of carbonyl (C=O) groups is 1. The predicted octanol–water partition coefficient (Wildman–Crippen LogP) is 2.03. The van der Waals surface area contributed by atoms with Crippen molar-refractivity contribution in [3.63, 3.8) is 0 Å². The first-order valence-corrected chi connectivity index (χ1v) is 6.35. The van der Waals surface area contributed by atoms with Crippen LogP contribution in [0.25, 0.3) is 0 Å². The summed E-state index contributed by atoms with van der Waals surface area (Å²) in [6.45, 7) is 1.92. The number of nitrogens with one attached hydrogen (secondary N) is 1. The number of thioether (sulfide) groups is 1. The molecule has 0 saturated heterocycles. The Morgan fingerprint density at radius 2 is 2.31 bits per heavy atom. The highest BCUT2D eigenvalue weighted by Gasteiger charge is 2.25. The lowest BCUT2D eigenvalue weighted by Gasteiger charge is -2.11. The van der Waals surface area contributed by atoms with E-state index in [0.29, 0.717) is 6.04 Å². The van der Waals surface area contributed by atoms with E-state index >= 15 is 0 Å². The molecule has 86 valence electrons. The number of nitrogen functional groups attached to an aromatic ring is 1. The largest absolute Gasteiger partial charge is 0.399 e. The Labute approximate surface area is 99.8 Å². The maximum absolute atomic E-state index is 11.7. The van der Waals surface area contributed by atoms with Gasteiger partial charge in [0.15, 0.2) is 0 Å². The molecule has 0 radical (unpaired) electrons. The van der Waals surface area contributed by atoms with E-state index in [1.165, 1.54) is 0 Å². The molecule has 4 heteroatoms. The molecular weight excluding hydrogens is 220 g/mol. The molecule has 0 bridgehead atoms. The summed E-state index contributed by atoms with van der Waals surface area (Å²) in [7, 11) is 0. The van der Waals surface area contributed by atoms with E-state index in [4.69, 9.17) is 5.73 Å². The molecule has 1 saturated carbocycles.